The van der Waals surface area contributed by atoms with E-state index in [0.29, 0.717) is 18.9 Å². The first kappa shape index (κ1) is 15.4. The highest BCUT2D eigenvalue weighted by Gasteiger charge is 2.43. The zero-order valence-corrected chi connectivity index (χ0v) is 12.1. The van der Waals surface area contributed by atoms with Crippen molar-refractivity contribution in [3.63, 3.8) is 0 Å². The summed E-state index contributed by atoms with van der Waals surface area (Å²) in [6.45, 7) is 7.03. The number of carbonyl (C=O) groups excluding carboxylic acids is 1. The molecular weight excluding hydrogens is 230 g/mol. The van der Waals surface area contributed by atoms with E-state index in [1.165, 1.54) is 0 Å². The third-order valence-corrected chi connectivity index (χ3v) is 3.70. The van der Waals surface area contributed by atoms with E-state index < -0.39 is 5.54 Å². The Morgan fingerprint density at radius 3 is 2.61 bits per heavy atom. The molecule has 1 saturated carbocycles. The molecule has 0 radical (unpaired) electrons. The van der Waals surface area contributed by atoms with Gasteiger partial charge in [-0.05, 0) is 30.6 Å². The molecule has 2 atom stereocenters. The van der Waals surface area contributed by atoms with E-state index in [9.17, 15) is 9.90 Å². The summed E-state index contributed by atoms with van der Waals surface area (Å²) < 4.78 is 4.91. The van der Waals surface area contributed by atoms with Crippen molar-refractivity contribution in [3.8, 4) is 0 Å². The van der Waals surface area contributed by atoms with Crippen LogP contribution in [0, 0.1) is 11.3 Å². The normalized spacial score (nSPS) is 31.1. The predicted octanol–water partition coefficient (Wildman–Crippen LogP) is 1.72. The van der Waals surface area contributed by atoms with Gasteiger partial charge in [-0.3, -0.25) is 4.79 Å². The van der Waals surface area contributed by atoms with Gasteiger partial charge in [-0.2, -0.15) is 0 Å². The Morgan fingerprint density at radius 2 is 2.11 bits per heavy atom. The summed E-state index contributed by atoms with van der Waals surface area (Å²) in [7, 11) is 1.58. The fourth-order valence-electron chi connectivity index (χ4n) is 3.55. The highest BCUT2D eigenvalue weighted by atomic mass is 16.5. The molecule has 1 fully saturated rings. The Morgan fingerprint density at radius 1 is 1.44 bits per heavy atom. The predicted molar refractivity (Wildman–Crippen MR) is 71.2 cm³/mol. The number of methoxy groups -OCH3 is 1. The number of hydrogen-bond donors (Lipinski definition) is 2. The van der Waals surface area contributed by atoms with Crippen LogP contribution in [0.5, 0.6) is 0 Å². The zero-order chi connectivity index (χ0) is 13.8. The van der Waals surface area contributed by atoms with Crippen LogP contribution in [0.4, 0.5) is 0 Å². The van der Waals surface area contributed by atoms with Gasteiger partial charge in [0.25, 0.3) is 0 Å². The molecule has 0 aromatic carbocycles. The van der Waals surface area contributed by atoms with Crippen LogP contribution >= 0.6 is 0 Å². The summed E-state index contributed by atoms with van der Waals surface area (Å²) in [4.78, 5) is 11.8. The van der Waals surface area contributed by atoms with E-state index in [0.717, 1.165) is 19.3 Å². The minimum absolute atomic E-state index is 0.0134. The zero-order valence-electron chi connectivity index (χ0n) is 12.1. The van der Waals surface area contributed by atoms with Gasteiger partial charge < -0.3 is 15.2 Å². The Kier molecular flexibility index (Phi) is 5.17. The van der Waals surface area contributed by atoms with E-state index in [1.54, 1.807) is 7.11 Å². The van der Waals surface area contributed by atoms with E-state index in [4.69, 9.17) is 4.74 Å². The first-order valence-corrected chi connectivity index (χ1v) is 6.73. The SMILES string of the molecule is COCCC(=O)N[C@@]1(CO)C[C@@H](C)CC(C)(C)C1. The summed E-state index contributed by atoms with van der Waals surface area (Å²) in [5.74, 6) is 0.486. The van der Waals surface area contributed by atoms with Crippen LogP contribution in [0.2, 0.25) is 0 Å². The first-order chi connectivity index (χ1) is 8.32. The molecule has 0 bridgehead atoms. The molecular formula is C14H27NO3. The number of carbonyl (C=O) groups is 1. The topological polar surface area (TPSA) is 58.6 Å². The van der Waals surface area contributed by atoms with Gasteiger partial charge in [0, 0.05) is 13.5 Å². The monoisotopic (exact) mass is 257 g/mol. The van der Waals surface area contributed by atoms with Crippen LogP contribution in [-0.4, -0.2) is 36.9 Å². The molecule has 0 spiro atoms. The molecule has 0 heterocycles. The van der Waals surface area contributed by atoms with Gasteiger partial charge in [0.05, 0.1) is 18.8 Å². The third kappa shape index (κ3) is 4.25. The Labute approximate surface area is 110 Å². The molecule has 1 aliphatic rings. The number of aliphatic hydroxyl groups is 1. The van der Waals surface area contributed by atoms with Crippen molar-refractivity contribution in [2.45, 2.75) is 52.0 Å². The molecule has 1 aliphatic carbocycles. The van der Waals surface area contributed by atoms with Crippen molar-refractivity contribution < 1.29 is 14.6 Å². The Bertz CT molecular complexity index is 291. The van der Waals surface area contributed by atoms with Gasteiger partial charge in [-0.25, -0.2) is 0 Å². The van der Waals surface area contributed by atoms with Crippen LogP contribution in [0.25, 0.3) is 0 Å². The molecule has 4 nitrogen and oxygen atoms in total. The van der Waals surface area contributed by atoms with Crippen LogP contribution < -0.4 is 5.32 Å². The molecule has 106 valence electrons. The average molecular weight is 257 g/mol. The molecule has 18 heavy (non-hydrogen) atoms. The second-order valence-electron chi connectivity index (χ2n) is 6.58. The van der Waals surface area contributed by atoms with Gasteiger partial charge in [-0.15, -0.1) is 0 Å². The summed E-state index contributed by atoms with van der Waals surface area (Å²) in [6.07, 6.45) is 3.18. The summed E-state index contributed by atoms with van der Waals surface area (Å²) in [5, 5.41) is 12.8. The Balaban J connectivity index is 2.69. The van der Waals surface area contributed by atoms with E-state index >= 15 is 0 Å². The number of aliphatic hydroxyl groups excluding tert-OH is 1. The maximum atomic E-state index is 11.8. The highest BCUT2D eigenvalue weighted by molar-refractivity contribution is 5.77. The van der Waals surface area contributed by atoms with Crippen molar-refractivity contribution in [3.05, 3.63) is 0 Å². The molecule has 0 unspecified atom stereocenters. The van der Waals surface area contributed by atoms with Crippen molar-refractivity contribution in [1.29, 1.82) is 0 Å². The summed E-state index contributed by atoms with van der Waals surface area (Å²) >= 11 is 0. The quantitative estimate of drug-likeness (QED) is 0.788. The molecule has 0 saturated heterocycles. The minimum Gasteiger partial charge on any atom is -0.394 e. The fourth-order valence-corrected chi connectivity index (χ4v) is 3.55. The minimum atomic E-state index is -0.452. The van der Waals surface area contributed by atoms with Gasteiger partial charge in [0.1, 0.15) is 0 Å². The lowest BCUT2D eigenvalue weighted by molar-refractivity contribution is -0.126. The molecule has 2 N–H and O–H groups in total. The lowest BCUT2D eigenvalue weighted by atomic mass is 9.64. The molecule has 1 rings (SSSR count). The van der Waals surface area contributed by atoms with Crippen LogP contribution in [0.15, 0.2) is 0 Å². The maximum absolute atomic E-state index is 11.8. The fraction of sp³-hybridized carbons (Fsp3) is 0.929. The third-order valence-electron chi connectivity index (χ3n) is 3.70. The van der Waals surface area contributed by atoms with Crippen LogP contribution in [-0.2, 0) is 9.53 Å². The first-order valence-electron chi connectivity index (χ1n) is 6.73. The van der Waals surface area contributed by atoms with E-state index in [-0.39, 0.29) is 17.9 Å². The smallest absolute Gasteiger partial charge is 0.222 e. The molecule has 0 aromatic rings. The van der Waals surface area contributed by atoms with E-state index in [1.807, 2.05) is 0 Å². The Hall–Kier alpha value is -0.610. The number of nitrogens with one attached hydrogen (secondary N) is 1. The summed E-state index contributed by atoms with van der Waals surface area (Å²) in [6, 6.07) is 0. The second-order valence-corrected chi connectivity index (χ2v) is 6.58. The maximum Gasteiger partial charge on any atom is 0.222 e. The molecule has 4 heteroatoms. The highest BCUT2D eigenvalue weighted by Crippen LogP contribution is 2.43. The van der Waals surface area contributed by atoms with Crippen molar-refractivity contribution in [2.24, 2.45) is 11.3 Å². The molecule has 0 aliphatic heterocycles. The van der Waals surface area contributed by atoms with Crippen LogP contribution in [0.1, 0.15) is 46.5 Å². The summed E-state index contributed by atoms with van der Waals surface area (Å²) in [5.41, 5.74) is -0.291. The number of ether oxygens (including phenoxy) is 1. The second kappa shape index (κ2) is 6.02. The van der Waals surface area contributed by atoms with Gasteiger partial charge >= 0.3 is 0 Å². The van der Waals surface area contributed by atoms with E-state index in [2.05, 4.69) is 26.1 Å². The van der Waals surface area contributed by atoms with Gasteiger partial charge in [-0.1, -0.05) is 20.8 Å². The van der Waals surface area contributed by atoms with Gasteiger partial charge in [0.15, 0.2) is 0 Å². The molecule has 1 amide bonds. The number of amides is 1. The van der Waals surface area contributed by atoms with Crippen molar-refractivity contribution >= 4 is 5.91 Å². The van der Waals surface area contributed by atoms with Crippen molar-refractivity contribution in [2.75, 3.05) is 20.3 Å². The lowest BCUT2D eigenvalue weighted by Gasteiger charge is -2.47. The molecule has 0 aromatic heterocycles. The standard InChI is InChI=1S/C14H27NO3/c1-11-7-13(2,3)9-14(8-11,10-16)15-12(17)5-6-18-4/h11,16H,5-10H2,1-4H3,(H,15,17)/t11-,14-/m0/s1. The van der Waals surface area contributed by atoms with Crippen LogP contribution in [0.3, 0.4) is 0 Å². The number of rotatable bonds is 5. The number of hydrogen-bond acceptors (Lipinski definition) is 3. The largest absolute Gasteiger partial charge is 0.394 e. The van der Waals surface area contributed by atoms with Gasteiger partial charge in [0.2, 0.25) is 5.91 Å². The van der Waals surface area contributed by atoms with Crippen molar-refractivity contribution in [1.82, 2.24) is 5.32 Å². The lowest BCUT2D eigenvalue weighted by Crippen LogP contribution is -2.57. The average Bonchev–Trinajstić information content (AvgIpc) is 2.23.